The summed E-state index contributed by atoms with van der Waals surface area (Å²) in [5, 5.41) is 0. The van der Waals surface area contributed by atoms with E-state index < -0.39 is 12.0 Å². The van der Waals surface area contributed by atoms with E-state index >= 15 is 0 Å². The van der Waals surface area contributed by atoms with E-state index in [4.69, 9.17) is 10.2 Å². The van der Waals surface area contributed by atoms with Crippen LogP contribution in [-0.4, -0.2) is 13.1 Å². The number of carbonyl (C=O) groups excluding carboxylic acids is 1. The highest BCUT2D eigenvalue weighted by Crippen LogP contribution is 2.47. The van der Waals surface area contributed by atoms with Crippen molar-refractivity contribution in [1.29, 1.82) is 0 Å². The van der Waals surface area contributed by atoms with Crippen molar-refractivity contribution < 1.29 is 13.9 Å². The molecule has 0 saturated heterocycles. The van der Waals surface area contributed by atoms with Crippen LogP contribution >= 0.6 is 0 Å². The molecular formula is C11H15NO3. The summed E-state index contributed by atoms with van der Waals surface area (Å²) in [7, 11) is 1.31. The van der Waals surface area contributed by atoms with Gasteiger partial charge in [0.15, 0.2) is 6.04 Å². The molecule has 1 aliphatic carbocycles. The molecule has 15 heavy (non-hydrogen) atoms. The quantitative estimate of drug-likeness (QED) is 0.767. The van der Waals surface area contributed by atoms with E-state index in [0.29, 0.717) is 17.6 Å². The molecule has 1 fully saturated rings. The zero-order valence-corrected chi connectivity index (χ0v) is 8.90. The molecule has 3 atom stereocenters. The molecule has 1 heterocycles. The number of rotatable bonds is 3. The van der Waals surface area contributed by atoms with Gasteiger partial charge < -0.3 is 14.9 Å². The molecule has 0 radical (unpaired) electrons. The van der Waals surface area contributed by atoms with Crippen molar-refractivity contribution in [2.24, 2.45) is 11.7 Å². The van der Waals surface area contributed by atoms with Crippen LogP contribution in [0.2, 0.25) is 0 Å². The van der Waals surface area contributed by atoms with Crippen LogP contribution in [0.3, 0.4) is 0 Å². The van der Waals surface area contributed by atoms with Crippen LogP contribution in [0.15, 0.2) is 16.5 Å². The van der Waals surface area contributed by atoms with E-state index in [0.717, 1.165) is 12.2 Å². The highest BCUT2D eigenvalue weighted by atomic mass is 16.5. The molecule has 2 rings (SSSR count). The van der Waals surface area contributed by atoms with E-state index in [1.54, 1.807) is 6.07 Å². The minimum absolute atomic E-state index is 0.472. The molecular weight excluding hydrogens is 194 g/mol. The van der Waals surface area contributed by atoms with Crippen molar-refractivity contribution in [2.75, 3.05) is 7.11 Å². The molecule has 0 aliphatic heterocycles. The highest BCUT2D eigenvalue weighted by molar-refractivity contribution is 5.76. The first-order chi connectivity index (χ1) is 7.13. The molecule has 4 heteroatoms. The first-order valence-corrected chi connectivity index (χ1v) is 5.06. The van der Waals surface area contributed by atoms with Gasteiger partial charge in [-0.3, -0.25) is 0 Å². The second-order valence-electron chi connectivity index (χ2n) is 4.06. The maximum atomic E-state index is 11.2. The Labute approximate surface area is 88.4 Å². The van der Waals surface area contributed by atoms with Crippen molar-refractivity contribution in [3.05, 3.63) is 23.7 Å². The average Bonchev–Trinajstić information content (AvgIpc) is 2.80. The molecule has 82 valence electrons. The largest absolute Gasteiger partial charge is 0.468 e. The van der Waals surface area contributed by atoms with Gasteiger partial charge in [0.05, 0.1) is 7.11 Å². The van der Waals surface area contributed by atoms with Crippen LogP contribution in [0.25, 0.3) is 0 Å². The van der Waals surface area contributed by atoms with Gasteiger partial charge in [-0.2, -0.15) is 0 Å². The minimum atomic E-state index is -0.808. The molecule has 0 amide bonds. The normalized spacial score (nSPS) is 26.1. The fourth-order valence-electron chi connectivity index (χ4n) is 1.70. The Hall–Kier alpha value is -1.29. The number of hydrogen-bond donors (Lipinski definition) is 1. The van der Waals surface area contributed by atoms with Crippen molar-refractivity contribution >= 4 is 5.97 Å². The van der Waals surface area contributed by atoms with Gasteiger partial charge >= 0.3 is 5.97 Å². The summed E-state index contributed by atoms with van der Waals surface area (Å²) in [6, 6.07) is 2.84. The summed E-state index contributed by atoms with van der Waals surface area (Å²) in [6.45, 7) is 2.17. The smallest absolute Gasteiger partial charge is 0.330 e. The first kappa shape index (κ1) is 10.2. The molecule has 0 aromatic carbocycles. The number of esters is 1. The predicted molar refractivity (Wildman–Crippen MR) is 54.2 cm³/mol. The number of hydrogen-bond acceptors (Lipinski definition) is 4. The lowest BCUT2D eigenvalue weighted by atomic mass is 10.2. The topological polar surface area (TPSA) is 65.5 Å². The van der Waals surface area contributed by atoms with Crippen LogP contribution in [0, 0.1) is 5.92 Å². The summed E-state index contributed by atoms with van der Waals surface area (Å²) in [6.07, 6.45) is 1.15. The zero-order chi connectivity index (χ0) is 11.0. The van der Waals surface area contributed by atoms with E-state index in [9.17, 15) is 4.79 Å². The Bertz CT molecular complexity index is 372. The Morgan fingerprint density at radius 1 is 1.67 bits per heavy atom. The van der Waals surface area contributed by atoms with E-state index in [1.807, 2.05) is 6.07 Å². The van der Waals surface area contributed by atoms with Crippen molar-refractivity contribution in [1.82, 2.24) is 0 Å². The van der Waals surface area contributed by atoms with Crippen LogP contribution < -0.4 is 5.73 Å². The maximum absolute atomic E-state index is 11.2. The predicted octanol–water partition coefficient (Wildman–Crippen LogP) is 1.58. The first-order valence-electron chi connectivity index (χ1n) is 5.06. The molecule has 3 unspecified atom stereocenters. The zero-order valence-electron chi connectivity index (χ0n) is 8.90. The second kappa shape index (κ2) is 3.70. The fourth-order valence-corrected chi connectivity index (χ4v) is 1.70. The van der Waals surface area contributed by atoms with Gasteiger partial charge in [0.25, 0.3) is 0 Å². The fraction of sp³-hybridized carbons (Fsp3) is 0.545. The Balaban J connectivity index is 2.09. The lowest BCUT2D eigenvalue weighted by molar-refractivity contribution is -0.142. The third kappa shape index (κ3) is 1.90. The summed E-state index contributed by atoms with van der Waals surface area (Å²) < 4.78 is 10.1. The lowest BCUT2D eigenvalue weighted by Crippen LogP contribution is -2.21. The van der Waals surface area contributed by atoms with Crippen LogP contribution in [0.4, 0.5) is 0 Å². The molecule has 1 aliphatic rings. The third-order valence-corrected chi connectivity index (χ3v) is 2.88. The second-order valence-corrected chi connectivity index (χ2v) is 4.06. The van der Waals surface area contributed by atoms with Gasteiger partial charge in [0.1, 0.15) is 11.5 Å². The number of carbonyl (C=O) groups is 1. The van der Waals surface area contributed by atoms with Gasteiger partial charge in [-0.15, -0.1) is 0 Å². The minimum Gasteiger partial charge on any atom is -0.468 e. The summed E-state index contributed by atoms with van der Waals surface area (Å²) in [4.78, 5) is 11.2. The van der Waals surface area contributed by atoms with Crippen molar-refractivity contribution in [3.63, 3.8) is 0 Å². The van der Waals surface area contributed by atoms with E-state index in [2.05, 4.69) is 11.7 Å². The molecule has 0 bridgehead atoms. The monoisotopic (exact) mass is 209 g/mol. The molecule has 2 N–H and O–H groups in total. The number of ether oxygens (including phenoxy) is 1. The number of furan rings is 1. The molecule has 1 aromatic rings. The van der Waals surface area contributed by atoms with E-state index in [1.165, 1.54) is 7.11 Å². The summed E-state index contributed by atoms with van der Waals surface area (Å²) in [5.74, 6) is 2.12. The molecule has 1 saturated carbocycles. The summed E-state index contributed by atoms with van der Waals surface area (Å²) in [5.41, 5.74) is 5.65. The van der Waals surface area contributed by atoms with Crippen LogP contribution in [0.5, 0.6) is 0 Å². The van der Waals surface area contributed by atoms with Crippen LogP contribution in [-0.2, 0) is 9.53 Å². The van der Waals surface area contributed by atoms with Gasteiger partial charge in [0, 0.05) is 5.92 Å². The molecule has 4 nitrogen and oxygen atoms in total. The Kier molecular flexibility index (Phi) is 2.52. The highest BCUT2D eigenvalue weighted by Gasteiger charge is 2.37. The average molecular weight is 209 g/mol. The van der Waals surface area contributed by atoms with Gasteiger partial charge in [-0.05, 0) is 24.5 Å². The number of methoxy groups -OCH3 is 1. The standard InChI is InChI=1S/C11H15NO3/c1-6-5-7(6)8-3-4-9(15-8)10(12)11(13)14-2/h3-4,6-7,10H,5,12H2,1-2H3. The third-order valence-electron chi connectivity index (χ3n) is 2.88. The SMILES string of the molecule is COC(=O)C(N)c1ccc(C2CC2C)o1. The lowest BCUT2D eigenvalue weighted by Gasteiger charge is -2.05. The van der Waals surface area contributed by atoms with Crippen molar-refractivity contribution in [3.8, 4) is 0 Å². The van der Waals surface area contributed by atoms with E-state index in [-0.39, 0.29) is 0 Å². The van der Waals surface area contributed by atoms with Gasteiger partial charge in [-0.25, -0.2) is 4.79 Å². The Morgan fingerprint density at radius 3 is 2.87 bits per heavy atom. The number of nitrogens with two attached hydrogens (primary N) is 1. The maximum Gasteiger partial charge on any atom is 0.330 e. The summed E-state index contributed by atoms with van der Waals surface area (Å²) >= 11 is 0. The molecule has 0 spiro atoms. The molecule has 1 aromatic heterocycles. The Morgan fingerprint density at radius 2 is 2.33 bits per heavy atom. The van der Waals surface area contributed by atoms with Crippen LogP contribution in [0.1, 0.15) is 36.8 Å². The van der Waals surface area contributed by atoms with Gasteiger partial charge in [0.2, 0.25) is 0 Å². The van der Waals surface area contributed by atoms with Gasteiger partial charge in [-0.1, -0.05) is 6.92 Å². The van der Waals surface area contributed by atoms with Crippen molar-refractivity contribution in [2.45, 2.75) is 25.3 Å².